The lowest BCUT2D eigenvalue weighted by Gasteiger charge is -2.51. The van der Waals surface area contributed by atoms with Crippen molar-refractivity contribution < 1.29 is 43.5 Å². The monoisotopic (exact) mass is 614 g/mol. The first-order valence-electron chi connectivity index (χ1n) is 12.7. The standard InChI is InChI=1S/C22H37F3N4O7SSi2/c1-12(2)38(13(3)4)32-10-17-18(35-39(36-38,14(5)6)15(7)8)19(34-37(30,31)22(23,24)25)21(33-17)29-11-28-16(9-26)20(29)27/h11-15,17-19,21H,10,27H2,1-8H3/t17-,18-,19-,21-/m1/s1. The second-order valence-electron chi connectivity index (χ2n) is 11.1. The molecule has 2 aliphatic rings. The summed E-state index contributed by atoms with van der Waals surface area (Å²) in [7, 11) is -12.5. The van der Waals surface area contributed by atoms with Crippen LogP contribution < -0.4 is 5.73 Å². The number of aromatic nitrogens is 2. The van der Waals surface area contributed by atoms with E-state index in [1.807, 2.05) is 55.4 Å². The molecule has 0 amide bonds. The van der Waals surface area contributed by atoms with Crippen LogP contribution in [0.2, 0.25) is 22.2 Å². The Morgan fingerprint density at radius 3 is 2.08 bits per heavy atom. The third kappa shape index (κ3) is 5.54. The van der Waals surface area contributed by atoms with Crippen molar-refractivity contribution in [3.63, 3.8) is 0 Å². The number of hydrogen-bond donors (Lipinski definition) is 1. The minimum absolute atomic E-state index is 0.0145. The minimum atomic E-state index is -6.09. The van der Waals surface area contributed by atoms with Crippen molar-refractivity contribution in [2.24, 2.45) is 0 Å². The normalized spacial score (nSPS) is 27.5. The molecule has 222 valence electrons. The van der Waals surface area contributed by atoms with Gasteiger partial charge in [0.25, 0.3) is 0 Å². The van der Waals surface area contributed by atoms with Gasteiger partial charge in [-0.15, -0.1) is 0 Å². The molecule has 0 aromatic carbocycles. The molecule has 2 saturated heterocycles. The van der Waals surface area contributed by atoms with E-state index in [4.69, 9.17) is 27.6 Å². The molecule has 2 aliphatic heterocycles. The molecule has 1 aromatic rings. The van der Waals surface area contributed by atoms with E-state index in [1.54, 1.807) is 6.07 Å². The maximum absolute atomic E-state index is 13.5. The Kier molecular flexibility index (Phi) is 9.06. The second-order valence-corrected chi connectivity index (χ2v) is 21.5. The van der Waals surface area contributed by atoms with Crippen LogP contribution in [0, 0.1) is 11.3 Å². The molecule has 0 saturated carbocycles. The number of hydrogen-bond acceptors (Lipinski definition) is 10. The first-order valence-corrected chi connectivity index (χ1v) is 18.1. The van der Waals surface area contributed by atoms with Crippen molar-refractivity contribution in [2.45, 2.75) is 108 Å². The number of ether oxygens (including phenoxy) is 1. The Bertz CT molecular complexity index is 1170. The number of nitrogens with two attached hydrogens (primary N) is 1. The molecule has 0 spiro atoms. The highest BCUT2D eigenvalue weighted by Crippen LogP contribution is 2.49. The molecule has 0 aliphatic carbocycles. The SMILES string of the molecule is CC(C)[Si]1(C(C)C)OC[C@H]2O[C@@H](n3cnc(C#N)c3N)[C@H](OS(=O)(=O)C(F)(F)F)[C@@H]2O[Si](C(C)C)(C(C)C)O1. The summed E-state index contributed by atoms with van der Waals surface area (Å²) in [6.07, 6.45) is -4.64. The van der Waals surface area contributed by atoms with Gasteiger partial charge in [0, 0.05) is 0 Å². The summed E-state index contributed by atoms with van der Waals surface area (Å²) in [5.74, 6) is -0.226. The number of fused-ring (bicyclic) bond motifs is 1. The zero-order valence-electron chi connectivity index (χ0n) is 23.2. The molecule has 4 atom stereocenters. The summed E-state index contributed by atoms with van der Waals surface area (Å²) in [5.41, 5.74) is -0.327. The van der Waals surface area contributed by atoms with Crippen LogP contribution in [0.5, 0.6) is 0 Å². The molecule has 3 rings (SSSR count). The summed E-state index contributed by atoms with van der Waals surface area (Å²) in [5, 5.41) is 9.29. The molecule has 3 heterocycles. The highest BCUT2D eigenvalue weighted by molar-refractivity contribution is 7.87. The van der Waals surface area contributed by atoms with Gasteiger partial charge in [-0.1, -0.05) is 55.4 Å². The zero-order chi connectivity index (χ0) is 29.7. The molecule has 11 nitrogen and oxygen atoms in total. The summed E-state index contributed by atoms with van der Waals surface area (Å²) in [6, 6.07) is 1.77. The molecule has 0 radical (unpaired) electrons. The Morgan fingerprint density at radius 2 is 1.64 bits per heavy atom. The smallest absolute Gasteiger partial charge is 0.414 e. The third-order valence-electron chi connectivity index (χ3n) is 7.35. The number of rotatable bonds is 7. The molecule has 0 bridgehead atoms. The molecule has 1 aromatic heterocycles. The number of halogens is 3. The molecule has 17 heteroatoms. The summed E-state index contributed by atoms with van der Waals surface area (Å²) in [4.78, 5) is 3.86. The van der Waals surface area contributed by atoms with Crippen LogP contribution in [0.15, 0.2) is 6.33 Å². The fraction of sp³-hybridized carbons (Fsp3) is 0.818. The summed E-state index contributed by atoms with van der Waals surface area (Å²) in [6.45, 7) is 15.5. The Labute approximate surface area is 229 Å². The number of nitriles is 1. The number of alkyl halides is 3. The van der Waals surface area contributed by atoms with Gasteiger partial charge in [0.1, 0.15) is 30.4 Å². The van der Waals surface area contributed by atoms with Crippen molar-refractivity contribution in [2.75, 3.05) is 12.3 Å². The van der Waals surface area contributed by atoms with Crippen molar-refractivity contribution in [3.8, 4) is 6.07 Å². The maximum Gasteiger partial charge on any atom is 0.523 e. The van der Waals surface area contributed by atoms with Crippen LogP contribution in [-0.4, -0.2) is 65.5 Å². The lowest BCUT2D eigenvalue weighted by atomic mass is 10.1. The Balaban J connectivity index is 2.22. The number of nitrogens with zero attached hydrogens (tertiary/aromatic N) is 3. The predicted octanol–water partition coefficient (Wildman–Crippen LogP) is 4.43. The topological polar surface area (TPSA) is 148 Å². The molecule has 39 heavy (non-hydrogen) atoms. The largest absolute Gasteiger partial charge is 0.523 e. The van der Waals surface area contributed by atoms with Crippen LogP contribution in [0.25, 0.3) is 0 Å². The summed E-state index contributed by atoms with van der Waals surface area (Å²) >= 11 is 0. The number of anilines is 1. The highest BCUT2D eigenvalue weighted by Gasteiger charge is 2.63. The average molecular weight is 615 g/mol. The van der Waals surface area contributed by atoms with Crippen LogP contribution >= 0.6 is 0 Å². The van der Waals surface area contributed by atoms with Crippen LogP contribution in [-0.2, 0) is 32.0 Å². The van der Waals surface area contributed by atoms with Crippen LogP contribution in [0.1, 0.15) is 67.3 Å². The lowest BCUT2D eigenvalue weighted by Crippen LogP contribution is -2.66. The van der Waals surface area contributed by atoms with E-state index in [1.165, 1.54) is 0 Å². The van der Waals surface area contributed by atoms with E-state index >= 15 is 0 Å². The molecule has 0 unspecified atom stereocenters. The van der Waals surface area contributed by atoms with E-state index in [0.717, 1.165) is 10.9 Å². The van der Waals surface area contributed by atoms with Gasteiger partial charge >= 0.3 is 32.7 Å². The fourth-order valence-electron chi connectivity index (χ4n) is 5.31. The van der Waals surface area contributed by atoms with E-state index < -0.39 is 57.3 Å². The number of nitrogen functional groups attached to an aromatic ring is 1. The first kappa shape index (κ1) is 32.0. The maximum atomic E-state index is 13.5. The van der Waals surface area contributed by atoms with E-state index in [-0.39, 0.29) is 40.3 Å². The van der Waals surface area contributed by atoms with Crippen molar-refractivity contribution in [1.82, 2.24) is 9.55 Å². The quantitative estimate of drug-likeness (QED) is 0.266. The predicted molar refractivity (Wildman–Crippen MR) is 139 cm³/mol. The van der Waals surface area contributed by atoms with Gasteiger partial charge in [-0.2, -0.15) is 26.9 Å². The lowest BCUT2D eigenvalue weighted by molar-refractivity contribution is -0.0697. The number of imidazole rings is 1. The fourth-order valence-corrected chi connectivity index (χ4v) is 17.1. The van der Waals surface area contributed by atoms with Gasteiger partial charge in [0.2, 0.25) is 0 Å². The van der Waals surface area contributed by atoms with Gasteiger partial charge in [0.15, 0.2) is 18.0 Å². The van der Waals surface area contributed by atoms with Crippen LogP contribution in [0.4, 0.5) is 19.0 Å². The first-order chi connectivity index (χ1) is 17.8. The summed E-state index contributed by atoms with van der Waals surface area (Å²) < 4.78 is 97.3. The van der Waals surface area contributed by atoms with E-state index in [9.17, 15) is 26.9 Å². The van der Waals surface area contributed by atoms with Gasteiger partial charge < -0.3 is 23.4 Å². The third-order valence-corrected chi connectivity index (χ3v) is 18.6. The second kappa shape index (κ2) is 11.0. The zero-order valence-corrected chi connectivity index (χ0v) is 26.0. The molecular weight excluding hydrogens is 577 g/mol. The Hall–Kier alpha value is -1.53. The van der Waals surface area contributed by atoms with Gasteiger partial charge in [0.05, 0.1) is 6.61 Å². The minimum Gasteiger partial charge on any atom is -0.414 e. The van der Waals surface area contributed by atoms with Gasteiger partial charge in [-0.05, 0) is 22.2 Å². The van der Waals surface area contributed by atoms with E-state index in [2.05, 4.69) is 4.98 Å². The van der Waals surface area contributed by atoms with Gasteiger partial charge in [-0.25, -0.2) is 4.98 Å². The molecule has 2 N–H and O–H groups in total. The Morgan fingerprint density at radius 1 is 1.10 bits per heavy atom. The highest BCUT2D eigenvalue weighted by atomic mass is 32.2. The van der Waals surface area contributed by atoms with Crippen LogP contribution in [0.3, 0.4) is 0 Å². The van der Waals surface area contributed by atoms with Crippen molar-refractivity contribution in [3.05, 3.63) is 12.0 Å². The average Bonchev–Trinajstić information content (AvgIpc) is 3.31. The van der Waals surface area contributed by atoms with Crippen molar-refractivity contribution >= 4 is 33.1 Å². The van der Waals surface area contributed by atoms with Crippen molar-refractivity contribution in [1.29, 1.82) is 5.26 Å². The van der Waals surface area contributed by atoms with Gasteiger partial charge in [-0.3, -0.25) is 8.75 Å². The molecular formula is C22H37F3N4O7SSi2. The molecule has 2 fully saturated rings. The van der Waals surface area contributed by atoms with E-state index in [0.29, 0.717) is 0 Å².